The quantitative estimate of drug-likeness (QED) is 0.693. The Morgan fingerprint density at radius 1 is 1.35 bits per heavy atom. The van der Waals surface area contributed by atoms with E-state index in [1.807, 2.05) is 31.7 Å². The molecule has 6 heteroatoms. The third-order valence-electron chi connectivity index (χ3n) is 3.33. The summed E-state index contributed by atoms with van der Waals surface area (Å²) in [6.07, 6.45) is 6.43. The number of fused-ring (bicyclic) bond motifs is 1. The zero-order valence-corrected chi connectivity index (χ0v) is 12.3. The summed E-state index contributed by atoms with van der Waals surface area (Å²) in [5, 5.41) is 4.21. The maximum absolute atomic E-state index is 5.89. The highest BCUT2D eigenvalue weighted by Crippen LogP contribution is 2.19. The van der Waals surface area contributed by atoms with Gasteiger partial charge in [-0.2, -0.15) is 5.10 Å². The summed E-state index contributed by atoms with van der Waals surface area (Å²) in [6.45, 7) is 2.77. The number of pyridine rings is 1. The summed E-state index contributed by atoms with van der Waals surface area (Å²) >= 11 is 5.89. The van der Waals surface area contributed by atoms with Crippen molar-refractivity contribution in [3.05, 3.63) is 41.6 Å². The fourth-order valence-electron chi connectivity index (χ4n) is 2.36. The van der Waals surface area contributed by atoms with Gasteiger partial charge < -0.3 is 4.57 Å². The monoisotopic (exact) mass is 289 g/mol. The summed E-state index contributed by atoms with van der Waals surface area (Å²) in [5.41, 5.74) is 4.13. The van der Waals surface area contributed by atoms with E-state index in [0.29, 0.717) is 12.4 Å². The minimum atomic E-state index is 0.551. The SMILES string of the molecule is Cc1ccnc2c1nc(CCCl)n2Cc1cnn(C)c1. The molecule has 0 amide bonds. The van der Waals surface area contributed by atoms with Crippen molar-refractivity contribution >= 4 is 22.8 Å². The molecule has 104 valence electrons. The number of aromatic nitrogens is 5. The predicted octanol–water partition coefficient (Wildman–Crippen LogP) is 2.30. The Morgan fingerprint density at radius 2 is 2.20 bits per heavy atom. The summed E-state index contributed by atoms with van der Waals surface area (Å²) in [5.74, 6) is 1.52. The number of halogens is 1. The standard InChI is InChI=1S/C14H16ClN5/c1-10-4-6-16-14-13(10)18-12(3-5-15)20(14)9-11-7-17-19(2)8-11/h4,6-8H,3,5,9H2,1-2H3. The fraction of sp³-hybridized carbons (Fsp3) is 0.357. The van der Waals surface area contributed by atoms with Gasteiger partial charge in [-0.05, 0) is 18.6 Å². The van der Waals surface area contributed by atoms with Crippen LogP contribution in [-0.4, -0.2) is 30.2 Å². The Balaban J connectivity index is 2.11. The predicted molar refractivity (Wildman–Crippen MR) is 79.0 cm³/mol. The lowest BCUT2D eigenvalue weighted by Gasteiger charge is -2.06. The van der Waals surface area contributed by atoms with Gasteiger partial charge in [-0.25, -0.2) is 9.97 Å². The molecule has 0 spiro atoms. The molecule has 3 rings (SSSR count). The molecular formula is C14H16ClN5. The normalized spacial score (nSPS) is 11.3. The molecule has 5 nitrogen and oxygen atoms in total. The van der Waals surface area contributed by atoms with Crippen LogP contribution in [0.1, 0.15) is 17.0 Å². The number of rotatable bonds is 4. The maximum atomic E-state index is 5.89. The van der Waals surface area contributed by atoms with Crippen molar-refractivity contribution in [3.8, 4) is 0 Å². The van der Waals surface area contributed by atoms with Gasteiger partial charge in [0.25, 0.3) is 0 Å². The van der Waals surface area contributed by atoms with Crippen LogP contribution in [0.4, 0.5) is 0 Å². The molecule has 0 aliphatic heterocycles. The van der Waals surface area contributed by atoms with Crippen LogP contribution in [-0.2, 0) is 20.0 Å². The first-order valence-corrected chi connectivity index (χ1v) is 7.06. The molecule has 0 aliphatic rings. The van der Waals surface area contributed by atoms with Crippen molar-refractivity contribution in [3.63, 3.8) is 0 Å². The van der Waals surface area contributed by atoms with Crippen LogP contribution in [0.2, 0.25) is 0 Å². The van der Waals surface area contributed by atoms with Crippen LogP contribution in [0.15, 0.2) is 24.7 Å². The van der Waals surface area contributed by atoms with Gasteiger partial charge in [0.2, 0.25) is 0 Å². The van der Waals surface area contributed by atoms with Crippen molar-refractivity contribution in [2.24, 2.45) is 7.05 Å². The maximum Gasteiger partial charge on any atom is 0.160 e. The molecule has 0 atom stereocenters. The van der Waals surface area contributed by atoms with Crippen LogP contribution < -0.4 is 0 Å². The zero-order valence-electron chi connectivity index (χ0n) is 11.5. The zero-order chi connectivity index (χ0) is 14.1. The van der Waals surface area contributed by atoms with Gasteiger partial charge in [0.15, 0.2) is 5.65 Å². The molecule has 3 aromatic heterocycles. The summed E-state index contributed by atoms with van der Waals surface area (Å²) in [6, 6.07) is 1.98. The largest absolute Gasteiger partial charge is 0.308 e. The molecule has 0 saturated heterocycles. The third-order valence-corrected chi connectivity index (χ3v) is 3.52. The molecule has 3 aromatic rings. The van der Waals surface area contributed by atoms with Gasteiger partial charge in [-0.1, -0.05) is 0 Å². The Labute approximate surface area is 122 Å². The number of hydrogen-bond acceptors (Lipinski definition) is 3. The molecule has 0 fully saturated rings. The molecule has 0 saturated carbocycles. The summed E-state index contributed by atoms with van der Waals surface area (Å²) in [7, 11) is 1.91. The van der Waals surface area contributed by atoms with Crippen LogP contribution in [0.25, 0.3) is 11.2 Å². The minimum absolute atomic E-state index is 0.551. The van der Waals surface area contributed by atoms with E-state index in [-0.39, 0.29) is 0 Å². The Kier molecular flexibility index (Phi) is 3.44. The van der Waals surface area contributed by atoms with E-state index in [1.54, 1.807) is 4.68 Å². The second-order valence-electron chi connectivity index (χ2n) is 4.88. The van der Waals surface area contributed by atoms with E-state index in [2.05, 4.69) is 21.6 Å². The van der Waals surface area contributed by atoms with Gasteiger partial charge in [0.1, 0.15) is 11.3 Å². The lowest BCUT2D eigenvalue weighted by molar-refractivity contribution is 0.742. The first-order chi connectivity index (χ1) is 9.69. The molecule has 0 N–H and O–H groups in total. The van der Waals surface area contributed by atoms with Gasteiger partial charge in [-0.15, -0.1) is 11.6 Å². The molecular weight excluding hydrogens is 274 g/mol. The fourth-order valence-corrected chi connectivity index (χ4v) is 2.53. The van der Waals surface area contributed by atoms with Crippen LogP contribution in [0, 0.1) is 6.92 Å². The number of nitrogens with zero attached hydrogens (tertiary/aromatic N) is 5. The van der Waals surface area contributed by atoms with Crippen LogP contribution >= 0.6 is 11.6 Å². The molecule has 0 aromatic carbocycles. The highest BCUT2D eigenvalue weighted by molar-refractivity contribution is 6.17. The van der Waals surface area contributed by atoms with E-state index in [9.17, 15) is 0 Å². The van der Waals surface area contributed by atoms with E-state index < -0.39 is 0 Å². The van der Waals surface area contributed by atoms with Crippen LogP contribution in [0.3, 0.4) is 0 Å². The summed E-state index contributed by atoms with van der Waals surface area (Å²) in [4.78, 5) is 9.17. The van der Waals surface area contributed by atoms with Gasteiger partial charge in [-0.3, -0.25) is 4.68 Å². The lowest BCUT2D eigenvalue weighted by atomic mass is 10.3. The van der Waals surface area contributed by atoms with Gasteiger partial charge >= 0.3 is 0 Å². The van der Waals surface area contributed by atoms with Crippen molar-refractivity contribution in [1.29, 1.82) is 0 Å². The van der Waals surface area contributed by atoms with Crippen molar-refractivity contribution in [1.82, 2.24) is 24.3 Å². The lowest BCUT2D eigenvalue weighted by Crippen LogP contribution is -2.06. The molecule has 0 unspecified atom stereocenters. The molecule has 0 aliphatic carbocycles. The second-order valence-corrected chi connectivity index (χ2v) is 5.25. The van der Waals surface area contributed by atoms with E-state index in [1.165, 1.54) is 0 Å². The van der Waals surface area contributed by atoms with E-state index in [0.717, 1.165) is 34.5 Å². The van der Waals surface area contributed by atoms with Gasteiger partial charge in [0, 0.05) is 37.3 Å². The average Bonchev–Trinajstić information content (AvgIpc) is 2.97. The molecule has 20 heavy (non-hydrogen) atoms. The Hall–Kier alpha value is -1.88. The molecule has 3 heterocycles. The summed E-state index contributed by atoms with van der Waals surface area (Å²) < 4.78 is 3.93. The van der Waals surface area contributed by atoms with Crippen molar-refractivity contribution < 1.29 is 0 Å². The number of hydrogen-bond donors (Lipinski definition) is 0. The Bertz CT molecular complexity index is 743. The second kappa shape index (κ2) is 5.25. The van der Waals surface area contributed by atoms with E-state index in [4.69, 9.17) is 16.6 Å². The van der Waals surface area contributed by atoms with Crippen molar-refractivity contribution in [2.45, 2.75) is 19.9 Å². The van der Waals surface area contributed by atoms with E-state index >= 15 is 0 Å². The number of aryl methyl sites for hydroxylation is 3. The molecule has 0 radical (unpaired) electrons. The topological polar surface area (TPSA) is 48.5 Å². The molecule has 0 bridgehead atoms. The highest BCUT2D eigenvalue weighted by atomic mass is 35.5. The third kappa shape index (κ3) is 2.29. The first kappa shape index (κ1) is 13.1. The highest BCUT2D eigenvalue weighted by Gasteiger charge is 2.13. The Morgan fingerprint density at radius 3 is 2.90 bits per heavy atom. The average molecular weight is 290 g/mol. The van der Waals surface area contributed by atoms with Crippen LogP contribution in [0.5, 0.6) is 0 Å². The first-order valence-electron chi connectivity index (χ1n) is 6.53. The number of alkyl halides is 1. The van der Waals surface area contributed by atoms with Gasteiger partial charge in [0.05, 0.1) is 12.7 Å². The minimum Gasteiger partial charge on any atom is -0.308 e. The number of imidazole rings is 1. The smallest absolute Gasteiger partial charge is 0.160 e. The van der Waals surface area contributed by atoms with Crippen molar-refractivity contribution in [2.75, 3.05) is 5.88 Å².